The number of carbonyl (C=O) groups is 1. The minimum Gasteiger partial charge on any atom is -0.392 e. The van der Waals surface area contributed by atoms with Gasteiger partial charge in [-0.15, -0.1) is 11.3 Å². The van der Waals surface area contributed by atoms with E-state index in [2.05, 4.69) is 16.7 Å². The van der Waals surface area contributed by atoms with Gasteiger partial charge in [-0.3, -0.25) is 4.79 Å². The van der Waals surface area contributed by atoms with Crippen molar-refractivity contribution in [3.63, 3.8) is 0 Å². The van der Waals surface area contributed by atoms with E-state index >= 15 is 0 Å². The van der Waals surface area contributed by atoms with Crippen LogP contribution in [0.25, 0.3) is 0 Å². The Balaban J connectivity index is 1.39. The molecule has 2 spiro atoms. The molecule has 154 valence electrons. The van der Waals surface area contributed by atoms with Gasteiger partial charge in [0.1, 0.15) is 5.60 Å². The van der Waals surface area contributed by atoms with E-state index in [0.717, 1.165) is 82.7 Å². The van der Waals surface area contributed by atoms with Crippen LogP contribution in [0.4, 0.5) is 0 Å². The molecular weight excluding hydrogens is 374 g/mol. The average molecular weight is 406 g/mol. The summed E-state index contributed by atoms with van der Waals surface area (Å²) in [7, 11) is 0. The largest absolute Gasteiger partial charge is 0.392 e. The molecule has 5 rings (SSSR count). The highest BCUT2D eigenvalue weighted by atomic mass is 32.1. The molecular formula is C21H31N3O3S. The number of thiophene rings is 1. The third kappa shape index (κ3) is 3.12. The third-order valence-corrected chi connectivity index (χ3v) is 8.62. The second-order valence-corrected chi connectivity index (χ2v) is 10.0. The standard InChI is InChI=1S/C21H31N3O3S/c25-17-2-7-23-13-20(17)4-1-10-24(14-20)19(26)16-12-15-3-11-27-21(18(15)28-16)5-8-22-9-6-21/h12,17,22-23,25H,1-11,13-14H2/t17-,20-/m0/s1. The van der Waals surface area contributed by atoms with E-state index in [-0.39, 0.29) is 23.0 Å². The third-order valence-electron chi connectivity index (χ3n) is 7.27. The van der Waals surface area contributed by atoms with Crippen molar-refractivity contribution in [3.05, 3.63) is 21.4 Å². The molecule has 5 heterocycles. The maximum absolute atomic E-state index is 13.4. The summed E-state index contributed by atoms with van der Waals surface area (Å²) in [5, 5.41) is 17.5. The molecule has 2 atom stereocenters. The Morgan fingerprint density at radius 1 is 1.25 bits per heavy atom. The van der Waals surface area contributed by atoms with Crippen molar-refractivity contribution in [2.45, 2.75) is 50.2 Å². The monoisotopic (exact) mass is 405 g/mol. The maximum atomic E-state index is 13.4. The number of piperidine rings is 3. The molecule has 1 amide bonds. The highest BCUT2D eigenvalue weighted by Crippen LogP contribution is 2.45. The second-order valence-electron chi connectivity index (χ2n) is 8.98. The second kappa shape index (κ2) is 7.36. The molecule has 0 unspecified atom stereocenters. The Morgan fingerprint density at radius 2 is 2.11 bits per heavy atom. The molecule has 7 heteroatoms. The minimum absolute atomic E-state index is 0.139. The Hall–Kier alpha value is -0.990. The van der Waals surface area contributed by atoms with Crippen molar-refractivity contribution in [1.29, 1.82) is 0 Å². The molecule has 0 saturated carbocycles. The van der Waals surface area contributed by atoms with Gasteiger partial charge in [-0.2, -0.15) is 0 Å². The highest BCUT2D eigenvalue weighted by Gasteiger charge is 2.45. The number of hydrogen-bond donors (Lipinski definition) is 3. The fraction of sp³-hybridized carbons (Fsp3) is 0.762. The van der Waals surface area contributed by atoms with Crippen LogP contribution >= 0.6 is 11.3 Å². The number of nitrogens with one attached hydrogen (secondary N) is 2. The van der Waals surface area contributed by atoms with Gasteiger partial charge in [0.25, 0.3) is 5.91 Å². The molecule has 3 fully saturated rings. The van der Waals surface area contributed by atoms with Gasteiger partial charge in [0.05, 0.1) is 17.6 Å². The van der Waals surface area contributed by atoms with Crippen molar-refractivity contribution < 1.29 is 14.6 Å². The first-order chi connectivity index (χ1) is 13.6. The summed E-state index contributed by atoms with van der Waals surface area (Å²) in [4.78, 5) is 17.5. The molecule has 0 bridgehead atoms. The van der Waals surface area contributed by atoms with Crippen LogP contribution in [0.1, 0.15) is 52.2 Å². The zero-order chi connectivity index (χ0) is 19.2. The van der Waals surface area contributed by atoms with Gasteiger partial charge >= 0.3 is 0 Å². The Kier molecular flexibility index (Phi) is 5.00. The number of amides is 1. The summed E-state index contributed by atoms with van der Waals surface area (Å²) in [5.74, 6) is 0.139. The molecule has 6 nitrogen and oxygen atoms in total. The number of carbonyl (C=O) groups excluding carboxylic acids is 1. The molecule has 4 aliphatic rings. The smallest absolute Gasteiger partial charge is 0.263 e. The number of aliphatic hydroxyl groups is 1. The zero-order valence-corrected chi connectivity index (χ0v) is 17.3. The first-order valence-electron chi connectivity index (χ1n) is 10.8. The molecule has 0 aromatic carbocycles. The van der Waals surface area contributed by atoms with Gasteiger partial charge in [-0.1, -0.05) is 0 Å². The summed E-state index contributed by atoms with van der Waals surface area (Å²) in [5.41, 5.74) is 0.949. The molecule has 3 saturated heterocycles. The topological polar surface area (TPSA) is 73.8 Å². The molecule has 1 aromatic rings. The molecule has 3 N–H and O–H groups in total. The lowest BCUT2D eigenvalue weighted by Crippen LogP contribution is -2.58. The molecule has 1 aromatic heterocycles. The highest BCUT2D eigenvalue weighted by molar-refractivity contribution is 7.14. The van der Waals surface area contributed by atoms with Crippen LogP contribution in [-0.4, -0.2) is 67.9 Å². The molecule has 0 aliphatic carbocycles. The van der Waals surface area contributed by atoms with E-state index in [0.29, 0.717) is 6.54 Å². The van der Waals surface area contributed by atoms with E-state index in [1.165, 1.54) is 10.4 Å². The van der Waals surface area contributed by atoms with E-state index in [1.807, 2.05) is 4.90 Å². The number of ether oxygens (including phenoxy) is 1. The van der Waals surface area contributed by atoms with Gasteiger partial charge in [0, 0.05) is 29.9 Å². The number of aliphatic hydroxyl groups excluding tert-OH is 1. The minimum atomic E-state index is -0.313. The number of fused-ring (bicyclic) bond motifs is 2. The van der Waals surface area contributed by atoms with Gasteiger partial charge in [-0.05, 0) is 69.8 Å². The summed E-state index contributed by atoms with van der Waals surface area (Å²) in [6.45, 7) is 5.83. The van der Waals surface area contributed by atoms with Crippen molar-refractivity contribution >= 4 is 17.2 Å². The predicted molar refractivity (Wildman–Crippen MR) is 109 cm³/mol. The lowest BCUT2D eigenvalue weighted by Gasteiger charge is -2.48. The molecule has 28 heavy (non-hydrogen) atoms. The van der Waals surface area contributed by atoms with Crippen LogP contribution in [0.15, 0.2) is 6.07 Å². The van der Waals surface area contributed by atoms with Crippen molar-refractivity contribution in [1.82, 2.24) is 15.5 Å². The number of likely N-dealkylation sites (tertiary alicyclic amines) is 1. The fourth-order valence-corrected chi connectivity index (χ4v) is 7.01. The normalized spacial score (nSPS) is 32.5. The van der Waals surface area contributed by atoms with Crippen molar-refractivity contribution in [2.75, 3.05) is 45.9 Å². The van der Waals surface area contributed by atoms with E-state index < -0.39 is 0 Å². The SMILES string of the molecule is O=C(c1cc2c(s1)C1(CCNCC1)OCC2)N1CCC[C@]2(CNCC[C@@H]2O)C1. The molecule has 4 aliphatic heterocycles. The summed E-state index contributed by atoms with van der Waals surface area (Å²) >= 11 is 1.66. The number of rotatable bonds is 1. The van der Waals surface area contributed by atoms with Crippen molar-refractivity contribution in [3.8, 4) is 0 Å². The predicted octanol–water partition coefficient (Wildman–Crippen LogP) is 1.48. The summed E-state index contributed by atoms with van der Waals surface area (Å²) < 4.78 is 6.28. The van der Waals surface area contributed by atoms with Crippen LogP contribution in [-0.2, 0) is 16.8 Å². The number of nitrogens with zero attached hydrogens (tertiary/aromatic N) is 1. The van der Waals surface area contributed by atoms with Crippen LogP contribution in [0.2, 0.25) is 0 Å². The lowest BCUT2D eigenvalue weighted by atomic mass is 9.72. The Bertz CT molecular complexity index is 741. The first-order valence-corrected chi connectivity index (χ1v) is 11.6. The van der Waals surface area contributed by atoms with E-state index in [4.69, 9.17) is 4.74 Å². The fourth-order valence-electron chi connectivity index (χ4n) is 5.64. The van der Waals surface area contributed by atoms with Crippen LogP contribution < -0.4 is 10.6 Å². The van der Waals surface area contributed by atoms with Crippen LogP contribution in [0, 0.1) is 5.41 Å². The Labute approximate surface area is 170 Å². The summed E-state index contributed by atoms with van der Waals surface area (Å²) in [6, 6.07) is 2.13. The zero-order valence-electron chi connectivity index (χ0n) is 16.5. The van der Waals surface area contributed by atoms with Crippen LogP contribution in [0.3, 0.4) is 0 Å². The van der Waals surface area contributed by atoms with E-state index in [9.17, 15) is 9.90 Å². The van der Waals surface area contributed by atoms with Gasteiger partial charge < -0.3 is 25.4 Å². The lowest BCUT2D eigenvalue weighted by molar-refractivity contribution is -0.0771. The summed E-state index contributed by atoms with van der Waals surface area (Å²) in [6.07, 6.45) is 5.30. The van der Waals surface area contributed by atoms with Gasteiger partial charge in [-0.25, -0.2) is 0 Å². The van der Waals surface area contributed by atoms with E-state index in [1.54, 1.807) is 11.3 Å². The number of hydrogen-bond acceptors (Lipinski definition) is 6. The Morgan fingerprint density at radius 3 is 2.93 bits per heavy atom. The maximum Gasteiger partial charge on any atom is 0.263 e. The van der Waals surface area contributed by atoms with Gasteiger partial charge in [0.2, 0.25) is 0 Å². The molecule has 0 radical (unpaired) electrons. The van der Waals surface area contributed by atoms with Gasteiger partial charge in [0.15, 0.2) is 0 Å². The quantitative estimate of drug-likeness (QED) is 0.660. The van der Waals surface area contributed by atoms with Crippen molar-refractivity contribution in [2.24, 2.45) is 5.41 Å². The first kappa shape index (κ1) is 19.0. The average Bonchev–Trinajstić information content (AvgIpc) is 3.17. The van der Waals surface area contributed by atoms with Crippen LogP contribution in [0.5, 0.6) is 0 Å².